The Labute approximate surface area is 225 Å². The highest BCUT2D eigenvalue weighted by molar-refractivity contribution is 14.1. The predicted octanol–water partition coefficient (Wildman–Crippen LogP) is 5.80. The molecule has 3 aromatic rings. The number of nitrogens with one attached hydrogen (secondary N) is 2. The molecule has 2 N–H and O–H groups in total. The number of hydrogen-bond acceptors (Lipinski definition) is 5. The van der Waals surface area contributed by atoms with Crippen LogP contribution in [0.25, 0.3) is 0 Å². The number of amides is 2. The Morgan fingerprint density at radius 3 is 2.46 bits per heavy atom. The molecule has 0 radical (unpaired) electrons. The summed E-state index contributed by atoms with van der Waals surface area (Å²) in [7, 11) is 0. The lowest BCUT2D eigenvalue weighted by molar-refractivity contribution is -0.137. The fraction of sp³-hybridized carbons (Fsp3) is 0.192. The van der Waals surface area contributed by atoms with Crippen molar-refractivity contribution in [2.75, 3.05) is 18.5 Å². The number of hydrogen-bond donors (Lipinski definition) is 2. The minimum Gasteiger partial charge on any atom is -0.490 e. The van der Waals surface area contributed by atoms with Crippen LogP contribution in [0.5, 0.6) is 11.5 Å². The van der Waals surface area contributed by atoms with Crippen LogP contribution in [0.2, 0.25) is 0 Å². The molecule has 0 saturated heterocycles. The van der Waals surface area contributed by atoms with Crippen molar-refractivity contribution >= 4 is 46.3 Å². The molecular weight excluding hydrogens is 602 g/mol. The number of benzene rings is 3. The summed E-state index contributed by atoms with van der Waals surface area (Å²) in [6.45, 7) is 3.82. The van der Waals surface area contributed by atoms with Crippen LogP contribution >= 0.6 is 22.6 Å². The first-order valence-electron chi connectivity index (χ1n) is 11.0. The van der Waals surface area contributed by atoms with Crippen molar-refractivity contribution in [3.63, 3.8) is 0 Å². The van der Waals surface area contributed by atoms with Gasteiger partial charge in [-0.15, -0.1) is 0 Å². The second-order valence-electron chi connectivity index (χ2n) is 7.74. The van der Waals surface area contributed by atoms with E-state index in [4.69, 9.17) is 9.47 Å². The molecule has 3 aromatic carbocycles. The van der Waals surface area contributed by atoms with E-state index in [9.17, 15) is 22.8 Å². The van der Waals surface area contributed by atoms with Crippen LogP contribution in [-0.4, -0.2) is 31.2 Å². The van der Waals surface area contributed by atoms with Crippen molar-refractivity contribution in [2.45, 2.75) is 20.0 Å². The number of carbonyl (C=O) groups is 2. The number of alkyl halides is 3. The normalized spacial score (nSPS) is 11.3. The van der Waals surface area contributed by atoms with Gasteiger partial charge in [0.05, 0.1) is 22.0 Å². The summed E-state index contributed by atoms with van der Waals surface area (Å²) in [6, 6.07) is 14.7. The van der Waals surface area contributed by atoms with Gasteiger partial charge >= 0.3 is 6.18 Å². The number of carbonyl (C=O) groups excluding carboxylic acids is 2. The highest BCUT2D eigenvalue weighted by Gasteiger charge is 2.30. The fourth-order valence-electron chi connectivity index (χ4n) is 3.10. The maximum Gasteiger partial charge on any atom is 0.416 e. The summed E-state index contributed by atoms with van der Waals surface area (Å²) in [5.74, 6) is -0.401. The monoisotopic (exact) mass is 625 g/mol. The molecule has 0 aliphatic heterocycles. The van der Waals surface area contributed by atoms with Gasteiger partial charge in [0.25, 0.3) is 11.8 Å². The largest absolute Gasteiger partial charge is 0.490 e. The van der Waals surface area contributed by atoms with E-state index in [1.54, 1.807) is 31.2 Å². The third-order valence-corrected chi connectivity index (χ3v) is 5.65. The van der Waals surface area contributed by atoms with Crippen molar-refractivity contribution in [1.82, 2.24) is 5.43 Å². The van der Waals surface area contributed by atoms with E-state index in [1.807, 2.05) is 41.6 Å². The summed E-state index contributed by atoms with van der Waals surface area (Å²) in [6.07, 6.45) is -3.23. The lowest BCUT2D eigenvalue weighted by Crippen LogP contribution is -2.20. The van der Waals surface area contributed by atoms with Gasteiger partial charge < -0.3 is 14.8 Å². The summed E-state index contributed by atoms with van der Waals surface area (Å²) in [5, 5.41) is 6.59. The van der Waals surface area contributed by atoms with Gasteiger partial charge in [-0.25, -0.2) is 5.43 Å². The molecule has 7 nitrogen and oxygen atoms in total. The molecule has 11 heteroatoms. The van der Waals surface area contributed by atoms with Crippen molar-refractivity contribution in [1.29, 1.82) is 0 Å². The maximum absolute atomic E-state index is 12.9. The first kappa shape index (κ1) is 28.0. The highest BCUT2D eigenvalue weighted by atomic mass is 127. The molecule has 194 valence electrons. The first-order valence-corrected chi connectivity index (χ1v) is 12.1. The van der Waals surface area contributed by atoms with Gasteiger partial charge in [-0.2, -0.15) is 18.3 Å². The van der Waals surface area contributed by atoms with Crippen molar-refractivity contribution in [3.05, 3.63) is 86.5 Å². The van der Waals surface area contributed by atoms with E-state index in [-0.39, 0.29) is 18.1 Å². The highest BCUT2D eigenvalue weighted by Crippen LogP contribution is 2.34. The second kappa shape index (κ2) is 12.6. The zero-order valence-electron chi connectivity index (χ0n) is 19.9. The first-order chi connectivity index (χ1) is 17.6. The average molecular weight is 625 g/mol. The molecule has 0 heterocycles. The van der Waals surface area contributed by atoms with Crippen LogP contribution in [0.4, 0.5) is 18.9 Å². The van der Waals surface area contributed by atoms with Gasteiger partial charge in [-0.05, 0) is 84.5 Å². The molecule has 3 rings (SSSR count). The number of anilines is 1. The van der Waals surface area contributed by atoms with Crippen molar-refractivity contribution in [3.8, 4) is 11.5 Å². The van der Waals surface area contributed by atoms with E-state index in [2.05, 4.69) is 15.8 Å². The summed E-state index contributed by atoms with van der Waals surface area (Å²) >= 11 is 2.02. The van der Waals surface area contributed by atoms with Crippen LogP contribution in [0.15, 0.2) is 65.8 Å². The van der Waals surface area contributed by atoms with E-state index < -0.39 is 17.6 Å². The Bertz CT molecular complexity index is 1300. The van der Waals surface area contributed by atoms with Crippen LogP contribution < -0.4 is 20.2 Å². The molecule has 0 aromatic heterocycles. The minimum absolute atomic E-state index is 0.177. The van der Waals surface area contributed by atoms with Crippen LogP contribution in [0.1, 0.15) is 34.0 Å². The van der Waals surface area contributed by atoms with Crippen molar-refractivity contribution < 1.29 is 32.2 Å². The molecule has 0 fully saturated rings. The number of rotatable bonds is 9. The van der Waals surface area contributed by atoms with E-state index in [1.165, 1.54) is 12.3 Å². The van der Waals surface area contributed by atoms with Crippen LogP contribution in [0.3, 0.4) is 0 Å². The fourth-order valence-corrected chi connectivity index (χ4v) is 3.89. The van der Waals surface area contributed by atoms with Gasteiger partial charge in [0, 0.05) is 11.3 Å². The van der Waals surface area contributed by atoms with Gasteiger partial charge in [0.1, 0.15) is 0 Å². The zero-order valence-corrected chi connectivity index (χ0v) is 22.0. The third kappa shape index (κ3) is 8.20. The maximum atomic E-state index is 12.9. The second-order valence-corrected chi connectivity index (χ2v) is 8.91. The molecule has 0 aliphatic carbocycles. The van der Waals surface area contributed by atoms with Gasteiger partial charge in [-0.1, -0.05) is 23.8 Å². The number of nitrogens with zero attached hydrogens (tertiary/aromatic N) is 1. The van der Waals surface area contributed by atoms with Crippen LogP contribution in [-0.2, 0) is 11.0 Å². The molecular formula is C26H23F3IN3O4. The number of hydrazone groups is 1. The van der Waals surface area contributed by atoms with Gasteiger partial charge in [0.2, 0.25) is 0 Å². The standard InChI is InChI=1S/C26H23F3IN3O4/c1-3-36-22-12-17(14-31-33-25(35)18-5-4-6-19(13-18)26(27,28)29)11-21(30)24(22)37-15-23(34)32-20-9-7-16(2)8-10-20/h4-14H,3,15H2,1-2H3,(H,32,34)(H,33,35)/b31-14-. The van der Waals surface area contributed by atoms with Gasteiger partial charge in [0.15, 0.2) is 18.1 Å². The van der Waals surface area contributed by atoms with Crippen molar-refractivity contribution in [2.24, 2.45) is 5.10 Å². The Hall–Kier alpha value is -3.61. The predicted molar refractivity (Wildman–Crippen MR) is 142 cm³/mol. The molecule has 37 heavy (non-hydrogen) atoms. The zero-order chi connectivity index (χ0) is 27.0. The molecule has 0 unspecified atom stereocenters. The van der Waals surface area contributed by atoms with Crippen LogP contribution in [0, 0.1) is 10.5 Å². The lowest BCUT2D eigenvalue weighted by atomic mass is 10.1. The molecule has 0 aliphatic rings. The van der Waals surface area contributed by atoms with Gasteiger partial charge in [-0.3, -0.25) is 9.59 Å². The third-order valence-electron chi connectivity index (χ3n) is 4.85. The van der Waals surface area contributed by atoms with E-state index >= 15 is 0 Å². The SMILES string of the molecule is CCOc1cc(/C=N\NC(=O)c2cccc(C(F)(F)F)c2)cc(I)c1OCC(=O)Nc1ccc(C)cc1. The summed E-state index contributed by atoms with van der Waals surface area (Å²) in [4.78, 5) is 24.5. The molecule has 0 atom stereocenters. The molecule has 2 amide bonds. The summed E-state index contributed by atoms with van der Waals surface area (Å²) in [5.41, 5.74) is 3.37. The summed E-state index contributed by atoms with van der Waals surface area (Å²) < 4.78 is 50.6. The molecule has 0 saturated carbocycles. The van der Waals surface area contributed by atoms with E-state index in [0.717, 1.165) is 23.8 Å². The minimum atomic E-state index is -4.56. The quantitative estimate of drug-likeness (QED) is 0.179. The lowest BCUT2D eigenvalue weighted by Gasteiger charge is -2.14. The topological polar surface area (TPSA) is 89.0 Å². The smallest absolute Gasteiger partial charge is 0.416 e. The molecule has 0 spiro atoms. The number of aryl methyl sites for hydroxylation is 1. The number of halogens is 4. The average Bonchev–Trinajstić information content (AvgIpc) is 2.84. The Kier molecular flexibility index (Phi) is 9.50. The Balaban J connectivity index is 1.66. The Morgan fingerprint density at radius 2 is 1.78 bits per heavy atom. The Morgan fingerprint density at radius 1 is 1.05 bits per heavy atom. The van der Waals surface area contributed by atoms with E-state index in [0.29, 0.717) is 32.9 Å². The number of ether oxygens (including phenoxy) is 2. The molecule has 0 bridgehead atoms.